The van der Waals surface area contributed by atoms with Gasteiger partial charge in [0, 0.05) is 11.1 Å². The summed E-state index contributed by atoms with van der Waals surface area (Å²) in [7, 11) is 2.99. The second kappa shape index (κ2) is 9.94. The van der Waals surface area contributed by atoms with E-state index in [9.17, 15) is 14.7 Å². The van der Waals surface area contributed by atoms with Crippen LogP contribution in [0.25, 0.3) is 16.0 Å². The zero-order chi connectivity index (χ0) is 26.1. The number of rotatable bonds is 7. The van der Waals surface area contributed by atoms with Crippen molar-refractivity contribution >= 4 is 44.1 Å². The zero-order valence-corrected chi connectivity index (χ0v) is 21.2. The molecule has 9 heteroatoms. The van der Waals surface area contributed by atoms with Crippen molar-refractivity contribution in [2.45, 2.75) is 13.0 Å². The zero-order valence-electron chi connectivity index (χ0n) is 20.4. The summed E-state index contributed by atoms with van der Waals surface area (Å²) in [5, 5.41) is 11.6. The van der Waals surface area contributed by atoms with Gasteiger partial charge in [0.1, 0.15) is 17.6 Å². The van der Waals surface area contributed by atoms with Crippen LogP contribution in [-0.4, -0.2) is 42.6 Å². The molecule has 0 bridgehead atoms. The molecule has 3 aromatic carbocycles. The van der Waals surface area contributed by atoms with Gasteiger partial charge in [0.05, 0.1) is 36.6 Å². The molecule has 1 N–H and O–H groups in total. The molecule has 4 aromatic rings. The number of hydrogen-bond acceptors (Lipinski definition) is 8. The number of ether oxygens (including phenoxy) is 3. The van der Waals surface area contributed by atoms with E-state index in [1.165, 1.54) is 30.5 Å². The molecule has 0 spiro atoms. The number of aromatic nitrogens is 1. The summed E-state index contributed by atoms with van der Waals surface area (Å²) in [5.74, 6) is -0.433. The fourth-order valence-corrected chi connectivity index (χ4v) is 5.48. The summed E-state index contributed by atoms with van der Waals surface area (Å²) in [6.45, 7) is 2.41. The molecule has 1 amide bonds. The number of methoxy groups -OCH3 is 2. The summed E-state index contributed by atoms with van der Waals surface area (Å²) in [6, 6.07) is 18.3. The van der Waals surface area contributed by atoms with Crippen LogP contribution in [0.3, 0.4) is 0 Å². The third-order valence-electron chi connectivity index (χ3n) is 6.09. The second-order valence-corrected chi connectivity index (χ2v) is 9.19. The number of Topliss-reactive ketones (excluding diaryl/α,β-unsaturated/α-hetero) is 1. The molecule has 1 fully saturated rings. The first-order valence-electron chi connectivity index (χ1n) is 11.6. The fourth-order valence-electron chi connectivity index (χ4n) is 4.46. The Kier molecular flexibility index (Phi) is 6.54. The van der Waals surface area contributed by atoms with Gasteiger partial charge in [-0.05, 0) is 31.2 Å². The maximum absolute atomic E-state index is 13.5. The van der Waals surface area contributed by atoms with Crippen molar-refractivity contribution in [2.75, 3.05) is 25.7 Å². The third kappa shape index (κ3) is 4.17. The first-order chi connectivity index (χ1) is 18.0. The second-order valence-electron chi connectivity index (χ2n) is 8.18. The molecular formula is C28H24N2O6S. The molecule has 37 heavy (non-hydrogen) atoms. The highest BCUT2D eigenvalue weighted by Gasteiger charge is 2.49. The van der Waals surface area contributed by atoms with Gasteiger partial charge < -0.3 is 19.3 Å². The smallest absolute Gasteiger partial charge is 0.301 e. The minimum absolute atomic E-state index is 0.0583. The average Bonchev–Trinajstić information content (AvgIpc) is 3.46. The standard InChI is InChI=1S/C28H24N2O6S/c1-4-36-17-13-14-19-21(15-17)37-28(29-19)30-23(18-11-8-12-20(34-2)26(18)35-3)22(25(32)27(30)33)24(31)16-9-6-5-7-10-16/h5-15,23,31H,4H2,1-3H3/t23-/m1/s1. The largest absolute Gasteiger partial charge is 0.507 e. The number of benzene rings is 3. The maximum atomic E-state index is 13.5. The third-order valence-corrected chi connectivity index (χ3v) is 7.10. The van der Waals surface area contributed by atoms with Crippen LogP contribution in [0.15, 0.2) is 72.3 Å². The Morgan fingerprint density at radius 3 is 2.51 bits per heavy atom. The summed E-state index contributed by atoms with van der Waals surface area (Å²) < 4.78 is 17.5. The van der Waals surface area contributed by atoms with E-state index < -0.39 is 17.7 Å². The molecule has 0 aliphatic carbocycles. The predicted octanol–water partition coefficient (Wildman–Crippen LogP) is 5.34. The SMILES string of the molecule is CCOc1ccc2nc(N3C(=O)C(=O)C(=C(O)c4ccccc4)[C@H]3c3cccc(OC)c3OC)sc2c1. The molecule has 1 aliphatic heterocycles. The van der Waals surface area contributed by atoms with Crippen molar-refractivity contribution in [1.82, 2.24) is 4.98 Å². The van der Waals surface area contributed by atoms with Gasteiger partial charge in [-0.1, -0.05) is 53.8 Å². The van der Waals surface area contributed by atoms with Crippen LogP contribution < -0.4 is 19.1 Å². The van der Waals surface area contributed by atoms with E-state index in [1.54, 1.807) is 54.6 Å². The number of thiazole rings is 1. The number of para-hydroxylation sites is 1. The van der Waals surface area contributed by atoms with Crippen LogP contribution in [0.4, 0.5) is 5.13 Å². The number of aliphatic hydroxyl groups is 1. The normalized spacial score (nSPS) is 16.8. The van der Waals surface area contributed by atoms with Crippen LogP contribution in [0, 0.1) is 0 Å². The Bertz CT molecular complexity index is 1530. The molecule has 1 aromatic heterocycles. The number of carbonyl (C=O) groups excluding carboxylic acids is 2. The van der Waals surface area contributed by atoms with Gasteiger partial charge in [-0.3, -0.25) is 14.5 Å². The Hall–Kier alpha value is -4.37. The Balaban J connectivity index is 1.75. The number of amides is 1. The minimum atomic E-state index is -1.00. The highest BCUT2D eigenvalue weighted by Crippen LogP contribution is 2.48. The van der Waals surface area contributed by atoms with Gasteiger partial charge >= 0.3 is 5.91 Å². The number of nitrogens with zero attached hydrogens (tertiary/aromatic N) is 2. The molecule has 0 unspecified atom stereocenters. The summed E-state index contributed by atoms with van der Waals surface area (Å²) >= 11 is 1.26. The monoisotopic (exact) mass is 516 g/mol. The van der Waals surface area contributed by atoms with Gasteiger partial charge in [-0.25, -0.2) is 4.98 Å². The Morgan fingerprint density at radius 2 is 1.81 bits per heavy atom. The van der Waals surface area contributed by atoms with Crippen LogP contribution in [0.1, 0.15) is 24.1 Å². The van der Waals surface area contributed by atoms with Gasteiger partial charge in [0.2, 0.25) is 0 Å². The predicted molar refractivity (Wildman–Crippen MR) is 142 cm³/mol. The highest BCUT2D eigenvalue weighted by atomic mass is 32.1. The van der Waals surface area contributed by atoms with E-state index in [0.717, 1.165) is 4.70 Å². The number of anilines is 1. The number of ketones is 1. The van der Waals surface area contributed by atoms with E-state index in [1.807, 2.05) is 19.1 Å². The van der Waals surface area contributed by atoms with E-state index in [-0.39, 0.29) is 11.3 Å². The van der Waals surface area contributed by atoms with Crippen molar-refractivity contribution in [3.05, 3.63) is 83.4 Å². The first kappa shape index (κ1) is 24.3. The van der Waals surface area contributed by atoms with Crippen LogP contribution in [-0.2, 0) is 9.59 Å². The van der Waals surface area contributed by atoms with Gasteiger partial charge in [0.15, 0.2) is 16.6 Å². The lowest BCUT2D eigenvalue weighted by atomic mass is 9.94. The summed E-state index contributed by atoms with van der Waals surface area (Å²) in [6.07, 6.45) is 0. The fraction of sp³-hybridized carbons (Fsp3) is 0.179. The molecule has 1 aliphatic rings. The molecule has 1 atom stereocenters. The molecule has 0 saturated carbocycles. The van der Waals surface area contributed by atoms with Crippen molar-refractivity contribution < 1.29 is 28.9 Å². The number of carbonyl (C=O) groups is 2. The molecule has 5 rings (SSSR count). The van der Waals surface area contributed by atoms with Crippen LogP contribution in [0.2, 0.25) is 0 Å². The van der Waals surface area contributed by atoms with Crippen LogP contribution >= 0.6 is 11.3 Å². The first-order valence-corrected chi connectivity index (χ1v) is 12.4. The topological polar surface area (TPSA) is 98.2 Å². The number of aliphatic hydroxyl groups excluding tert-OH is 1. The van der Waals surface area contributed by atoms with E-state index in [2.05, 4.69) is 4.98 Å². The van der Waals surface area contributed by atoms with Gasteiger partial charge in [-0.15, -0.1) is 0 Å². The quantitative estimate of drug-likeness (QED) is 0.201. The lowest BCUT2D eigenvalue weighted by molar-refractivity contribution is -0.132. The average molecular weight is 517 g/mol. The molecular weight excluding hydrogens is 492 g/mol. The summed E-state index contributed by atoms with van der Waals surface area (Å²) in [4.78, 5) is 33.0. The summed E-state index contributed by atoms with van der Waals surface area (Å²) in [5.41, 5.74) is 1.49. The highest BCUT2D eigenvalue weighted by molar-refractivity contribution is 7.22. The molecule has 0 radical (unpaired) electrons. The van der Waals surface area contributed by atoms with Crippen LogP contribution in [0.5, 0.6) is 17.2 Å². The maximum Gasteiger partial charge on any atom is 0.301 e. The molecule has 2 heterocycles. The van der Waals surface area contributed by atoms with E-state index in [0.29, 0.717) is 45.6 Å². The van der Waals surface area contributed by atoms with Crippen molar-refractivity contribution in [3.8, 4) is 17.2 Å². The lowest BCUT2D eigenvalue weighted by Crippen LogP contribution is -2.29. The van der Waals surface area contributed by atoms with Gasteiger partial charge in [-0.2, -0.15) is 0 Å². The van der Waals surface area contributed by atoms with E-state index in [4.69, 9.17) is 14.2 Å². The lowest BCUT2D eigenvalue weighted by Gasteiger charge is -2.25. The number of hydrogen-bond donors (Lipinski definition) is 1. The van der Waals surface area contributed by atoms with E-state index >= 15 is 0 Å². The minimum Gasteiger partial charge on any atom is -0.507 e. The van der Waals surface area contributed by atoms with Crippen molar-refractivity contribution in [3.63, 3.8) is 0 Å². The van der Waals surface area contributed by atoms with Crippen molar-refractivity contribution in [1.29, 1.82) is 0 Å². The Morgan fingerprint density at radius 1 is 1.03 bits per heavy atom. The Labute approximate surface area is 217 Å². The van der Waals surface area contributed by atoms with Crippen molar-refractivity contribution in [2.24, 2.45) is 0 Å². The van der Waals surface area contributed by atoms with Gasteiger partial charge in [0.25, 0.3) is 5.78 Å². The number of fused-ring (bicyclic) bond motifs is 1. The molecule has 8 nitrogen and oxygen atoms in total. The molecule has 1 saturated heterocycles. The molecule has 188 valence electrons.